The van der Waals surface area contributed by atoms with Gasteiger partial charge in [-0.2, -0.15) is 13.2 Å². The van der Waals surface area contributed by atoms with Crippen LogP contribution in [0, 0.1) is 0 Å². The van der Waals surface area contributed by atoms with Gasteiger partial charge in [-0.1, -0.05) is 18.5 Å². The molecule has 0 spiro atoms. The van der Waals surface area contributed by atoms with Crippen LogP contribution in [0.3, 0.4) is 0 Å². The van der Waals surface area contributed by atoms with Crippen molar-refractivity contribution in [2.24, 2.45) is 0 Å². The highest BCUT2D eigenvalue weighted by Crippen LogP contribution is 2.39. The van der Waals surface area contributed by atoms with Gasteiger partial charge in [0.1, 0.15) is 5.75 Å². The molecule has 0 aliphatic carbocycles. The number of alkyl halides is 3. The van der Waals surface area contributed by atoms with Crippen LogP contribution in [0.25, 0.3) is 6.08 Å². The molecule has 1 heterocycles. The Labute approximate surface area is 117 Å². The fourth-order valence-electron chi connectivity index (χ4n) is 1.95. The van der Waals surface area contributed by atoms with E-state index in [1.54, 1.807) is 6.92 Å². The first kappa shape index (κ1) is 14.7. The zero-order chi connectivity index (χ0) is 15.1. The minimum Gasteiger partial charge on any atom is -0.478 e. The quantitative estimate of drug-likeness (QED) is 0.906. The predicted octanol–water partition coefficient (Wildman–Crippen LogP) is 3.69. The maximum absolute atomic E-state index is 12.9. The van der Waals surface area contributed by atoms with E-state index >= 15 is 0 Å². The number of aliphatic carboxylic acids is 1. The SMILES string of the molecule is CCc1cc2c(cc1Cl)C=C(C(=O)O)C(C(F)(F)F)O2. The van der Waals surface area contributed by atoms with E-state index in [1.165, 1.54) is 12.1 Å². The van der Waals surface area contributed by atoms with Gasteiger partial charge in [0, 0.05) is 10.6 Å². The summed E-state index contributed by atoms with van der Waals surface area (Å²) in [5, 5.41) is 9.25. The highest BCUT2D eigenvalue weighted by atomic mass is 35.5. The summed E-state index contributed by atoms with van der Waals surface area (Å²) >= 11 is 5.96. The molecule has 0 bridgehead atoms. The van der Waals surface area contributed by atoms with Gasteiger partial charge < -0.3 is 9.84 Å². The fraction of sp³-hybridized carbons (Fsp3) is 0.308. The van der Waals surface area contributed by atoms with Crippen molar-refractivity contribution in [3.05, 3.63) is 33.9 Å². The van der Waals surface area contributed by atoms with Gasteiger partial charge in [0.25, 0.3) is 0 Å². The lowest BCUT2D eigenvalue weighted by Gasteiger charge is -2.27. The number of rotatable bonds is 2. The van der Waals surface area contributed by atoms with Crippen LogP contribution < -0.4 is 4.74 Å². The largest absolute Gasteiger partial charge is 0.478 e. The summed E-state index contributed by atoms with van der Waals surface area (Å²) in [6.07, 6.45) is -5.79. The van der Waals surface area contributed by atoms with Gasteiger partial charge in [0.2, 0.25) is 6.10 Å². The highest BCUT2D eigenvalue weighted by molar-refractivity contribution is 6.31. The monoisotopic (exact) mass is 306 g/mol. The third-order valence-electron chi connectivity index (χ3n) is 2.94. The second-order valence-corrected chi connectivity index (χ2v) is 4.69. The molecule has 1 unspecified atom stereocenters. The number of aryl methyl sites for hydroxylation is 1. The molecule has 0 saturated carbocycles. The number of carboxylic acids is 1. The van der Waals surface area contributed by atoms with Crippen molar-refractivity contribution in [3.8, 4) is 5.75 Å². The Balaban J connectivity index is 2.57. The minimum absolute atomic E-state index is 0.0152. The van der Waals surface area contributed by atoms with E-state index in [0.29, 0.717) is 17.0 Å². The Bertz CT molecular complexity index is 593. The molecular formula is C13H10ClF3O3. The maximum atomic E-state index is 12.9. The lowest BCUT2D eigenvalue weighted by Crippen LogP contribution is -2.40. The van der Waals surface area contributed by atoms with Gasteiger partial charge in [0.05, 0.1) is 5.57 Å². The summed E-state index contributed by atoms with van der Waals surface area (Å²) in [6, 6.07) is 2.82. The van der Waals surface area contributed by atoms with E-state index in [0.717, 1.165) is 6.08 Å². The van der Waals surface area contributed by atoms with Gasteiger partial charge in [0.15, 0.2) is 0 Å². The van der Waals surface area contributed by atoms with Crippen LogP contribution in [-0.4, -0.2) is 23.4 Å². The van der Waals surface area contributed by atoms with E-state index in [2.05, 4.69) is 0 Å². The molecule has 0 amide bonds. The Morgan fingerprint density at radius 1 is 1.45 bits per heavy atom. The van der Waals surface area contributed by atoms with Crippen molar-refractivity contribution in [2.75, 3.05) is 0 Å². The van der Waals surface area contributed by atoms with E-state index in [9.17, 15) is 18.0 Å². The van der Waals surface area contributed by atoms with Crippen LogP contribution in [0.1, 0.15) is 18.1 Å². The van der Waals surface area contributed by atoms with Crippen LogP contribution in [0.4, 0.5) is 13.2 Å². The summed E-state index contributed by atoms with van der Waals surface area (Å²) in [4.78, 5) is 10.9. The van der Waals surface area contributed by atoms with Crippen molar-refractivity contribution in [2.45, 2.75) is 25.6 Å². The molecule has 7 heteroatoms. The standard InChI is InChI=1S/C13H10ClF3O3/c1-2-6-5-10-7(4-9(6)14)3-8(12(18)19)11(20-10)13(15,16)17/h3-5,11H,2H2,1H3,(H,18,19). The summed E-state index contributed by atoms with van der Waals surface area (Å²) in [5.41, 5.74) is 0.00827. The predicted molar refractivity (Wildman–Crippen MR) is 66.9 cm³/mol. The van der Waals surface area contributed by atoms with Crippen LogP contribution in [0.5, 0.6) is 5.75 Å². The average Bonchev–Trinajstić information content (AvgIpc) is 2.35. The number of halogens is 4. The normalized spacial score (nSPS) is 18.1. The molecule has 0 radical (unpaired) electrons. The average molecular weight is 307 g/mol. The molecule has 3 nitrogen and oxygen atoms in total. The second-order valence-electron chi connectivity index (χ2n) is 4.28. The summed E-state index contributed by atoms with van der Waals surface area (Å²) in [5.74, 6) is -1.69. The summed E-state index contributed by atoms with van der Waals surface area (Å²) in [6.45, 7) is 1.80. The molecule has 20 heavy (non-hydrogen) atoms. The van der Waals surface area contributed by atoms with Crippen molar-refractivity contribution in [3.63, 3.8) is 0 Å². The third kappa shape index (κ3) is 2.60. The van der Waals surface area contributed by atoms with E-state index < -0.39 is 23.8 Å². The molecule has 0 saturated heterocycles. The number of carbonyl (C=O) groups is 1. The van der Waals surface area contributed by atoms with Gasteiger partial charge in [-0.25, -0.2) is 4.79 Å². The maximum Gasteiger partial charge on any atom is 0.430 e. The van der Waals surface area contributed by atoms with E-state index in [4.69, 9.17) is 21.4 Å². The zero-order valence-electron chi connectivity index (χ0n) is 10.3. The first-order valence-corrected chi connectivity index (χ1v) is 6.12. The number of carboxylic acid groups (broad SMARTS) is 1. The van der Waals surface area contributed by atoms with Gasteiger partial charge in [-0.05, 0) is 30.2 Å². The number of hydrogen-bond acceptors (Lipinski definition) is 2. The zero-order valence-corrected chi connectivity index (χ0v) is 11.0. The lowest BCUT2D eigenvalue weighted by molar-refractivity contribution is -0.187. The Morgan fingerprint density at radius 2 is 2.10 bits per heavy atom. The highest BCUT2D eigenvalue weighted by Gasteiger charge is 2.48. The van der Waals surface area contributed by atoms with Crippen molar-refractivity contribution >= 4 is 23.6 Å². The Hall–Kier alpha value is -1.69. The molecule has 1 atom stereocenters. The number of benzene rings is 1. The van der Waals surface area contributed by atoms with Crippen LogP contribution >= 0.6 is 11.6 Å². The van der Waals surface area contributed by atoms with Gasteiger partial charge in [-0.3, -0.25) is 0 Å². The van der Waals surface area contributed by atoms with Crippen LogP contribution in [-0.2, 0) is 11.2 Å². The smallest absolute Gasteiger partial charge is 0.430 e. The lowest BCUT2D eigenvalue weighted by atomic mass is 9.99. The van der Waals surface area contributed by atoms with E-state index in [1.807, 2.05) is 0 Å². The van der Waals surface area contributed by atoms with Crippen molar-refractivity contribution in [1.29, 1.82) is 0 Å². The second kappa shape index (κ2) is 5.01. The third-order valence-corrected chi connectivity index (χ3v) is 3.29. The van der Waals surface area contributed by atoms with Crippen molar-refractivity contribution < 1.29 is 27.8 Å². The number of hydrogen-bond donors (Lipinski definition) is 1. The molecule has 1 aromatic rings. The number of ether oxygens (including phenoxy) is 1. The molecule has 0 fully saturated rings. The van der Waals surface area contributed by atoms with E-state index in [-0.39, 0.29) is 11.3 Å². The molecule has 2 rings (SSSR count). The van der Waals surface area contributed by atoms with Crippen LogP contribution in [0.15, 0.2) is 17.7 Å². The molecule has 1 aliphatic heterocycles. The van der Waals surface area contributed by atoms with Gasteiger partial charge >= 0.3 is 12.1 Å². The topological polar surface area (TPSA) is 46.5 Å². The summed E-state index contributed by atoms with van der Waals surface area (Å²) in [7, 11) is 0. The van der Waals surface area contributed by atoms with Crippen molar-refractivity contribution in [1.82, 2.24) is 0 Å². The first-order valence-electron chi connectivity index (χ1n) is 5.74. The molecular weight excluding hydrogens is 297 g/mol. The van der Waals surface area contributed by atoms with Crippen LogP contribution in [0.2, 0.25) is 5.02 Å². The molecule has 1 N–H and O–H groups in total. The minimum atomic E-state index is -4.80. The first-order chi connectivity index (χ1) is 9.24. The Morgan fingerprint density at radius 3 is 2.60 bits per heavy atom. The number of fused-ring (bicyclic) bond motifs is 1. The van der Waals surface area contributed by atoms with Gasteiger partial charge in [-0.15, -0.1) is 0 Å². The molecule has 0 aromatic heterocycles. The summed E-state index contributed by atoms with van der Waals surface area (Å²) < 4.78 is 43.4. The molecule has 1 aromatic carbocycles. The Kier molecular flexibility index (Phi) is 3.69. The molecule has 1 aliphatic rings. The fourth-order valence-corrected chi connectivity index (χ4v) is 2.25. The molecule has 108 valence electrons.